The highest BCUT2D eigenvalue weighted by atomic mass is 35.5. The maximum Gasteiger partial charge on any atom is 0.220 e. The standard InChI is InChI=1S/C18H28N2O.ClH/c1-12-7-13(2)9-15(8-12)10-14(3)20-18(21)11-16-5-4-6-17(16)19;/h7-9,14,16-17H,4-6,10-11,19H2,1-3H3,(H,20,21);1H/t14?,16-,17+;/m0./s1. The van der Waals surface area contributed by atoms with Crippen molar-refractivity contribution < 1.29 is 4.79 Å². The summed E-state index contributed by atoms with van der Waals surface area (Å²) in [5, 5.41) is 3.12. The fourth-order valence-electron chi connectivity index (χ4n) is 3.48. The molecular formula is C18H29ClN2O. The van der Waals surface area contributed by atoms with E-state index in [-0.39, 0.29) is 30.4 Å². The molecule has 4 heteroatoms. The molecule has 2 rings (SSSR count). The number of nitrogens with one attached hydrogen (secondary N) is 1. The number of benzene rings is 1. The summed E-state index contributed by atoms with van der Waals surface area (Å²) in [6.07, 6.45) is 4.79. The van der Waals surface area contributed by atoms with Crippen molar-refractivity contribution in [2.45, 2.75) is 65.0 Å². The molecule has 0 radical (unpaired) electrons. The summed E-state index contributed by atoms with van der Waals surface area (Å²) < 4.78 is 0. The Kier molecular flexibility index (Phi) is 7.37. The summed E-state index contributed by atoms with van der Waals surface area (Å²) in [5.74, 6) is 0.521. The maximum atomic E-state index is 12.1. The second kappa shape index (κ2) is 8.54. The zero-order valence-electron chi connectivity index (χ0n) is 13.9. The molecule has 3 nitrogen and oxygen atoms in total. The zero-order chi connectivity index (χ0) is 15.4. The Bertz CT molecular complexity index is 484. The van der Waals surface area contributed by atoms with Crippen molar-refractivity contribution in [2.24, 2.45) is 11.7 Å². The SMILES string of the molecule is Cc1cc(C)cc(CC(C)NC(=O)C[C@@H]2CCC[C@H]2N)c1.Cl. The number of hydrogen-bond acceptors (Lipinski definition) is 2. The minimum absolute atomic E-state index is 0. The second-order valence-corrected chi connectivity index (χ2v) is 6.73. The summed E-state index contributed by atoms with van der Waals surface area (Å²) in [5.41, 5.74) is 9.88. The molecule has 3 atom stereocenters. The lowest BCUT2D eigenvalue weighted by atomic mass is 9.99. The van der Waals surface area contributed by atoms with E-state index in [1.165, 1.54) is 16.7 Å². The molecule has 0 saturated heterocycles. The first-order valence-corrected chi connectivity index (χ1v) is 8.06. The molecule has 1 unspecified atom stereocenters. The van der Waals surface area contributed by atoms with E-state index in [4.69, 9.17) is 5.73 Å². The zero-order valence-corrected chi connectivity index (χ0v) is 14.7. The lowest BCUT2D eigenvalue weighted by Crippen LogP contribution is -2.37. The van der Waals surface area contributed by atoms with Crippen LogP contribution in [0.15, 0.2) is 18.2 Å². The van der Waals surface area contributed by atoms with Gasteiger partial charge >= 0.3 is 0 Å². The molecular weight excluding hydrogens is 296 g/mol. The number of nitrogens with two attached hydrogens (primary N) is 1. The van der Waals surface area contributed by atoms with E-state index in [0.29, 0.717) is 12.3 Å². The average Bonchev–Trinajstić information content (AvgIpc) is 2.73. The highest BCUT2D eigenvalue weighted by Crippen LogP contribution is 2.26. The lowest BCUT2D eigenvalue weighted by Gasteiger charge is -2.18. The molecule has 1 aliphatic carbocycles. The quantitative estimate of drug-likeness (QED) is 0.873. The third-order valence-electron chi connectivity index (χ3n) is 4.40. The summed E-state index contributed by atoms with van der Waals surface area (Å²) >= 11 is 0. The lowest BCUT2D eigenvalue weighted by molar-refractivity contribution is -0.122. The highest BCUT2D eigenvalue weighted by Gasteiger charge is 2.26. The fraction of sp³-hybridized carbons (Fsp3) is 0.611. The van der Waals surface area contributed by atoms with E-state index >= 15 is 0 Å². The largest absolute Gasteiger partial charge is 0.353 e. The van der Waals surface area contributed by atoms with Crippen molar-refractivity contribution in [1.82, 2.24) is 5.32 Å². The van der Waals surface area contributed by atoms with Crippen LogP contribution in [0.2, 0.25) is 0 Å². The van der Waals surface area contributed by atoms with E-state index in [1.54, 1.807) is 0 Å². The van der Waals surface area contributed by atoms with E-state index in [2.05, 4.69) is 44.3 Å². The predicted octanol–water partition coefficient (Wildman–Crippen LogP) is 3.29. The Hall–Kier alpha value is -1.06. The van der Waals surface area contributed by atoms with Crippen LogP contribution in [0, 0.1) is 19.8 Å². The van der Waals surface area contributed by atoms with Gasteiger partial charge in [-0.25, -0.2) is 0 Å². The van der Waals surface area contributed by atoms with Crippen molar-refractivity contribution in [1.29, 1.82) is 0 Å². The molecule has 1 aromatic carbocycles. The van der Waals surface area contributed by atoms with Crippen molar-refractivity contribution in [2.75, 3.05) is 0 Å². The van der Waals surface area contributed by atoms with Crippen LogP contribution >= 0.6 is 12.4 Å². The molecule has 1 aliphatic rings. The Morgan fingerprint density at radius 2 is 1.91 bits per heavy atom. The van der Waals surface area contributed by atoms with Crippen LogP contribution < -0.4 is 11.1 Å². The normalized spacial score (nSPS) is 22.0. The number of rotatable bonds is 5. The molecule has 1 amide bonds. The maximum absolute atomic E-state index is 12.1. The Labute approximate surface area is 140 Å². The monoisotopic (exact) mass is 324 g/mol. The molecule has 0 spiro atoms. The Balaban J connectivity index is 0.00000242. The minimum Gasteiger partial charge on any atom is -0.353 e. The number of aryl methyl sites for hydroxylation is 2. The van der Waals surface area contributed by atoms with Crippen LogP contribution in [0.25, 0.3) is 0 Å². The number of carbonyl (C=O) groups excluding carboxylic acids is 1. The summed E-state index contributed by atoms with van der Waals surface area (Å²) in [6, 6.07) is 6.95. The Morgan fingerprint density at radius 1 is 1.27 bits per heavy atom. The van der Waals surface area contributed by atoms with Gasteiger partial charge in [-0.3, -0.25) is 4.79 Å². The first-order valence-electron chi connectivity index (χ1n) is 8.06. The van der Waals surface area contributed by atoms with Gasteiger partial charge in [0.1, 0.15) is 0 Å². The molecule has 22 heavy (non-hydrogen) atoms. The van der Waals surface area contributed by atoms with Gasteiger partial charge < -0.3 is 11.1 Å². The van der Waals surface area contributed by atoms with Crippen LogP contribution in [0.1, 0.15) is 49.3 Å². The van der Waals surface area contributed by atoms with Crippen LogP contribution in [-0.2, 0) is 11.2 Å². The van der Waals surface area contributed by atoms with Gasteiger partial charge in [-0.15, -0.1) is 12.4 Å². The van der Waals surface area contributed by atoms with Gasteiger partial charge in [0.15, 0.2) is 0 Å². The Morgan fingerprint density at radius 3 is 2.45 bits per heavy atom. The molecule has 3 N–H and O–H groups in total. The number of hydrogen-bond donors (Lipinski definition) is 2. The van der Waals surface area contributed by atoms with Gasteiger partial charge in [0.25, 0.3) is 0 Å². The molecule has 1 saturated carbocycles. The van der Waals surface area contributed by atoms with Gasteiger partial charge in [-0.1, -0.05) is 35.7 Å². The number of carbonyl (C=O) groups is 1. The summed E-state index contributed by atoms with van der Waals surface area (Å²) in [6.45, 7) is 6.30. The van der Waals surface area contributed by atoms with Crippen molar-refractivity contribution in [3.63, 3.8) is 0 Å². The minimum atomic E-state index is 0. The van der Waals surface area contributed by atoms with Crippen molar-refractivity contribution in [3.8, 4) is 0 Å². The van der Waals surface area contributed by atoms with Crippen LogP contribution in [0.4, 0.5) is 0 Å². The summed E-state index contributed by atoms with van der Waals surface area (Å²) in [7, 11) is 0. The molecule has 124 valence electrons. The summed E-state index contributed by atoms with van der Waals surface area (Å²) in [4.78, 5) is 12.1. The van der Waals surface area contributed by atoms with Crippen molar-refractivity contribution >= 4 is 18.3 Å². The van der Waals surface area contributed by atoms with E-state index in [0.717, 1.165) is 25.7 Å². The predicted molar refractivity (Wildman–Crippen MR) is 94.4 cm³/mol. The van der Waals surface area contributed by atoms with E-state index < -0.39 is 0 Å². The third-order valence-corrected chi connectivity index (χ3v) is 4.40. The fourth-order valence-corrected chi connectivity index (χ4v) is 3.48. The van der Waals surface area contributed by atoms with E-state index in [1.807, 2.05) is 0 Å². The van der Waals surface area contributed by atoms with Gasteiger partial charge in [0.2, 0.25) is 5.91 Å². The van der Waals surface area contributed by atoms with Crippen LogP contribution in [0.5, 0.6) is 0 Å². The number of halogens is 1. The number of amides is 1. The first kappa shape index (κ1) is 19.0. The van der Waals surface area contributed by atoms with Gasteiger partial charge in [-0.2, -0.15) is 0 Å². The van der Waals surface area contributed by atoms with Gasteiger partial charge in [0.05, 0.1) is 0 Å². The first-order chi connectivity index (χ1) is 9.94. The highest BCUT2D eigenvalue weighted by molar-refractivity contribution is 5.85. The molecule has 0 aromatic heterocycles. The van der Waals surface area contributed by atoms with Gasteiger partial charge in [-0.05, 0) is 51.5 Å². The molecule has 1 aromatic rings. The van der Waals surface area contributed by atoms with E-state index in [9.17, 15) is 4.79 Å². The van der Waals surface area contributed by atoms with Crippen LogP contribution in [0.3, 0.4) is 0 Å². The van der Waals surface area contributed by atoms with Crippen LogP contribution in [-0.4, -0.2) is 18.0 Å². The molecule has 1 fully saturated rings. The third kappa shape index (κ3) is 5.62. The molecule has 0 aliphatic heterocycles. The topological polar surface area (TPSA) is 55.1 Å². The van der Waals surface area contributed by atoms with Gasteiger partial charge in [0, 0.05) is 18.5 Å². The average molecular weight is 325 g/mol. The molecule has 0 heterocycles. The smallest absolute Gasteiger partial charge is 0.220 e. The second-order valence-electron chi connectivity index (χ2n) is 6.73. The van der Waals surface area contributed by atoms with Crippen molar-refractivity contribution in [3.05, 3.63) is 34.9 Å². The molecule has 0 bridgehead atoms.